The van der Waals surface area contributed by atoms with Crippen LogP contribution in [-0.4, -0.2) is 24.4 Å². The fourth-order valence-electron chi connectivity index (χ4n) is 2.19. The van der Waals surface area contributed by atoms with Crippen molar-refractivity contribution in [3.05, 3.63) is 35.4 Å². The fraction of sp³-hybridized carbons (Fsp3) is 0.538. The van der Waals surface area contributed by atoms with Gasteiger partial charge in [-0.3, -0.25) is 0 Å². The van der Waals surface area contributed by atoms with E-state index in [1.807, 2.05) is 0 Å². The van der Waals surface area contributed by atoms with Crippen LogP contribution in [0.15, 0.2) is 18.2 Å². The second-order valence-corrected chi connectivity index (χ2v) is 4.56. The standard InChI is InChI=1S/C13H16F2O2/c14-11-1-2-13(15)10(6-11)7-12(16)5-9-3-4-17-8-9/h1-2,6,9,12,16H,3-5,7-8H2. The van der Waals surface area contributed by atoms with E-state index < -0.39 is 17.7 Å². The molecule has 0 aromatic heterocycles. The molecule has 0 bridgehead atoms. The molecule has 2 atom stereocenters. The van der Waals surface area contributed by atoms with Crippen LogP contribution < -0.4 is 0 Å². The predicted octanol–water partition coefficient (Wildman–Crippen LogP) is 2.29. The Kier molecular flexibility index (Phi) is 4.07. The predicted molar refractivity (Wildman–Crippen MR) is 59.6 cm³/mol. The molecule has 2 nitrogen and oxygen atoms in total. The first-order valence-electron chi connectivity index (χ1n) is 5.85. The van der Waals surface area contributed by atoms with Gasteiger partial charge in [-0.15, -0.1) is 0 Å². The molecule has 1 aromatic carbocycles. The molecule has 2 rings (SSSR count). The van der Waals surface area contributed by atoms with Crippen LogP contribution in [0.1, 0.15) is 18.4 Å². The Labute approximate surface area is 99.2 Å². The van der Waals surface area contributed by atoms with E-state index in [1.165, 1.54) is 0 Å². The highest BCUT2D eigenvalue weighted by Gasteiger charge is 2.20. The van der Waals surface area contributed by atoms with E-state index in [4.69, 9.17) is 4.74 Å². The summed E-state index contributed by atoms with van der Waals surface area (Å²) in [5.41, 5.74) is 0.233. The summed E-state index contributed by atoms with van der Waals surface area (Å²) >= 11 is 0. The zero-order chi connectivity index (χ0) is 12.3. The minimum atomic E-state index is -0.641. The monoisotopic (exact) mass is 242 g/mol. The van der Waals surface area contributed by atoms with Crippen LogP contribution in [0.3, 0.4) is 0 Å². The van der Waals surface area contributed by atoms with Gasteiger partial charge < -0.3 is 9.84 Å². The third-order valence-corrected chi connectivity index (χ3v) is 3.09. The van der Waals surface area contributed by atoms with Gasteiger partial charge in [0.1, 0.15) is 11.6 Å². The summed E-state index contributed by atoms with van der Waals surface area (Å²) in [6.45, 7) is 1.38. The summed E-state index contributed by atoms with van der Waals surface area (Å²) in [5, 5.41) is 9.83. The van der Waals surface area contributed by atoms with Gasteiger partial charge in [0.2, 0.25) is 0 Å². The third kappa shape index (κ3) is 3.48. The Hall–Kier alpha value is -1.00. The van der Waals surface area contributed by atoms with Crippen LogP contribution in [0, 0.1) is 17.6 Å². The van der Waals surface area contributed by atoms with E-state index in [-0.39, 0.29) is 12.0 Å². The van der Waals surface area contributed by atoms with Crippen LogP contribution in [0.4, 0.5) is 8.78 Å². The molecule has 1 aliphatic heterocycles. The average molecular weight is 242 g/mol. The second-order valence-electron chi connectivity index (χ2n) is 4.56. The smallest absolute Gasteiger partial charge is 0.126 e. The van der Waals surface area contributed by atoms with Crippen molar-refractivity contribution in [3.63, 3.8) is 0 Å². The lowest BCUT2D eigenvalue weighted by atomic mass is 9.96. The van der Waals surface area contributed by atoms with Crippen molar-refractivity contribution in [1.29, 1.82) is 0 Å². The molecule has 0 amide bonds. The lowest BCUT2D eigenvalue weighted by Gasteiger charge is -2.14. The third-order valence-electron chi connectivity index (χ3n) is 3.09. The highest BCUT2D eigenvalue weighted by atomic mass is 19.1. The lowest BCUT2D eigenvalue weighted by Crippen LogP contribution is -2.17. The SMILES string of the molecule is OC(Cc1cc(F)ccc1F)CC1CCOC1. The maximum absolute atomic E-state index is 13.3. The molecule has 17 heavy (non-hydrogen) atoms. The van der Waals surface area contributed by atoms with Crippen molar-refractivity contribution < 1.29 is 18.6 Å². The van der Waals surface area contributed by atoms with Gasteiger partial charge in [0.25, 0.3) is 0 Å². The maximum Gasteiger partial charge on any atom is 0.126 e. The largest absolute Gasteiger partial charge is 0.393 e. The van der Waals surface area contributed by atoms with Gasteiger partial charge in [0.05, 0.1) is 6.10 Å². The van der Waals surface area contributed by atoms with E-state index in [0.717, 1.165) is 31.2 Å². The van der Waals surface area contributed by atoms with Gasteiger partial charge in [-0.25, -0.2) is 8.78 Å². The van der Waals surface area contributed by atoms with Crippen LogP contribution in [-0.2, 0) is 11.2 Å². The van der Waals surface area contributed by atoms with Crippen LogP contribution in [0.2, 0.25) is 0 Å². The van der Waals surface area contributed by atoms with E-state index in [9.17, 15) is 13.9 Å². The molecular weight excluding hydrogens is 226 g/mol. The van der Waals surface area contributed by atoms with Crippen molar-refractivity contribution in [2.75, 3.05) is 13.2 Å². The molecule has 4 heteroatoms. The Balaban J connectivity index is 1.92. The topological polar surface area (TPSA) is 29.5 Å². The molecule has 1 aromatic rings. The number of aliphatic hydroxyl groups excluding tert-OH is 1. The maximum atomic E-state index is 13.3. The minimum absolute atomic E-state index is 0.153. The normalized spacial score (nSPS) is 21.7. The van der Waals surface area contributed by atoms with Gasteiger partial charge in [-0.1, -0.05) is 0 Å². The highest BCUT2D eigenvalue weighted by Crippen LogP contribution is 2.21. The van der Waals surface area contributed by atoms with Crippen molar-refractivity contribution >= 4 is 0 Å². The first-order chi connectivity index (χ1) is 8.15. The molecular formula is C13H16F2O2. The summed E-state index contributed by atoms with van der Waals surface area (Å²) in [4.78, 5) is 0. The Bertz CT molecular complexity index is 376. The van der Waals surface area contributed by atoms with Crippen LogP contribution in [0.5, 0.6) is 0 Å². The molecule has 0 spiro atoms. The number of halogens is 2. The highest BCUT2D eigenvalue weighted by molar-refractivity contribution is 5.19. The van der Waals surface area contributed by atoms with Gasteiger partial charge in [0, 0.05) is 19.6 Å². The molecule has 1 fully saturated rings. The Morgan fingerprint density at radius 1 is 1.41 bits per heavy atom. The van der Waals surface area contributed by atoms with Gasteiger partial charge in [-0.2, -0.15) is 0 Å². The molecule has 2 unspecified atom stereocenters. The summed E-state index contributed by atoms with van der Waals surface area (Å²) in [6.07, 6.45) is 1.02. The summed E-state index contributed by atoms with van der Waals surface area (Å²) in [5.74, 6) is -0.604. The Morgan fingerprint density at radius 2 is 2.24 bits per heavy atom. The molecule has 94 valence electrons. The average Bonchev–Trinajstić information content (AvgIpc) is 2.76. The molecule has 1 aliphatic rings. The van der Waals surface area contributed by atoms with Crippen molar-refractivity contribution in [2.45, 2.75) is 25.4 Å². The minimum Gasteiger partial charge on any atom is -0.393 e. The molecule has 0 aliphatic carbocycles. The Morgan fingerprint density at radius 3 is 2.94 bits per heavy atom. The van der Waals surface area contributed by atoms with Crippen molar-refractivity contribution in [1.82, 2.24) is 0 Å². The van der Waals surface area contributed by atoms with E-state index in [1.54, 1.807) is 0 Å². The molecule has 1 saturated heterocycles. The van der Waals surface area contributed by atoms with E-state index >= 15 is 0 Å². The zero-order valence-corrected chi connectivity index (χ0v) is 9.53. The van der Waals surface area contributed by atoms with E-state index in [0.29, 0.717) is 18.9 Å². The second kappa shape index (κ2) is 5.56. The molecule has 0 radical (unpaired) electrons. The quantitative estimate of drug-likeness (QED) is 0.877. The van der Waals surface area contributed by atoms with Crippen molar-refractivity contribution in [2.24, 2.45) is 5.92 Å². The first kappa shape index (κ1) is 12.5. The van der Waals surface area contributed by atoms with Gasteiger partial charge in [0.15, 0.2) is 0 Å². The zero-order valence-electron chi connectivity index (χ0n) is 9.53. The van der Waals surface area contributed by atoms with Gasteiger partial charge in [-0.05, 0) is 42.5 Å². The summed E-state index contributed by atoms with van der Waals surface area (Å²) in [7, 11) is 0. The van der Waals surface area contributed by atoms with Gasteiger partial charge >= 0.3 is 0 Å². The van der Waals surface area contributed by atoms with Crippen LogP contribution >= 0.6 is 0 Å². The number of rotatable bonds is 4. The summed E-state index contributed by atoms with van der Waals surface area (Å²) in [6, 6.07) is 3.32. The fourth-order valence-corrected chi connectivity index (χ4v) is 2.19. The number of benzene rings is 1. The van der Waals surface area contributed by atoms with Crippen molar-refractivity contribution in [3.8, 4) is 0 Å². The molecule has 0 saturated carbocycles. The number of aliphatic hydroxyl groups is 1. The summed E-state index contributed by atoms with van der Waals surface area (Å²) < 4.78 is 31.5. The van der Waals surface area contributed by atoms with E-state index in [2.05, 4.69) is 0 Å². The molecule has 1 N–H and O–H groups in total. The number of hydrogen-bond donors (Lipinski definition) is 1. The first-order valence-corrected chi connectivity index (χ1v) is 5.85. The number of hydrogen-bond acceptors (Lipinski definition) is 2. The molecule has 1 heterocycles. The lowest BCUT2D eigenvalue weighted by molar-refractivity contribution is 0.128. The van der Waals surface area contributed by atoms with Crippen LogP contribution in [0.25, 0.3) is 0 Å². The number of ether oxygens (including phenoxy) is 1.